The molecule has 0 unspecified atom stereocenters. The Balaban J connectivity index is 1.71. The molecule has 25 heavy (non-hydrogen) atoms. The van der Waals surface area contributed by atoms with Crippen molar-refractivity contribution in [2.24, 2.45) is 0 Å². The number of nitro benzene ring substituents is 1. The third-order valence-corrected chi connectivity index (χ3v) is 4.10. The van der Waals surface area contributed by atoms with Crippen molar-refractivity contribution in [3.63, 3.8) is 0 Å². The zero-order valence-corrected chi connectivity index (χ0v) is 13.6. The fraction of sp³-hybridized carbons (Fsp3) is 0.294. The Morgan fingerprint density at radius 3 is 2.84 bits per heavy atom. The minimum Gasteiger partial charge on any atom is -0.469 e. The summed E-state index contributed by atoms with van der Waals surface area (Å²) in [4.78, 5) is 36.3. The second-order valence-corrected chi connectivity index (χ2v) is 5.69. The lowest BCUT2D eigenvalue weighted by molar-refractivity contribution is -0.384. The van der Waals surface area contributed by atoms with Crippen molar-refractivity contribution in [1.29, 1.82) is 0 Å². The smallest absolute Gasteiger partial charge is 0.342 e. The number of benzene rings is 1. The van der Waals surface area contributed by atoms with Crippen molar-refractivity contribution in [1.82, 2.24) is 0 Å². The van der Waals surface area contributed by atoms with Crippen molar-refractivity contribution >= 4 is 23.3 Å². The highest BCUT2D eigenvalue weighted by atomic mass is 16.6. The van der Waals surface area contributed by atoms with Crippen LogP contribution in [0.1, 0.15) is 28.1 Å². The number of fused-ring (bicyclic) bond motifs is 1. The summed E-state index contributed by atoms with van der Waals surface area (Å²) >= 11 is 0. The SMILES string of the molecule is Cc1occc1C(=O)OCC(=O)N1CCCc2cc([N+](=O)[O-])ccc21. The van der Waals surface area contributed by atoms with Crippen LogP contribution in [-0.2, 0) is 16.0 Å². The summed E-state index contributed by atoms with van der Waals surface area (Å²) in [6.45, 7) is 1.71. The lowest BCUT2D eigenvalue weighted by Gasteiger charge is -2.29. The molecule has 8 nitrogen and oxygen atoms in total. The van der Waals surface area contributed by atoms with E-state index < -0.39 is 17.5 Å². The highest BCUT2D eigenvalue weighted by Crippen LogP contribution is 2.30. The van der Waals surface area contributed by atoms with Gasteiger partial charge in [-0.05, 0) is 37.5 Å². The van der Waals surface area contributed by atoms with Gasteiger partial charge in [0.2, 0.25) is 0 Å². The topological polar surface area (TPSA) is 103 Å². The number of hydrogen-bond donors (Lipinski definition) is 0. The summed E-state index contributed by atoms with van der Waals surface area (Å²) in [5.74, 6) is -0.571. The molecule has 8 heteroatoms. The molecule has 0 saturated heterocycles. The van der Waals surface area contributed by atoms with Gasteiger partial charge in [-0.25, -0.2) is 4.79 Å². The van der Waals surface area contributed by atoms with Gasteiger partial charge < -0.3 is 14.1 Å². The molecule has 0 atom stereocenters. The molecular weight excluding hydrogens is 328 g/mol. The highest BCUT2D eigenvalue weighted by molar-refractivity contribution is 5.98. The summed E-state index contributed by atoms with van der Waals surface area (Å²) in [7, 11) is 0. The maximum atomic E-state index is 12.4. The zero-order chi connectivity index (χ0) is 18.0. The third kappa shape index (κ3) is 3.37. The second kappa shape index (κ2) is 6.76. The average Bonchev–Trinajstić information content (AvgIpc) is 3.04. The van der Waals surface area contributed by atoms with Gasteiger partial charge >= 0.3 is 5.97 Å². The fourth-order valence-electron chi connectivity index (χ4n) is 2.84. The van der Waals surface area contributed by atoms with E-state index in [1.807, 2.05) is 0 Å². The van der Waals surface area contributed by atoms with E-state index in [0.29, 0.717) is 30.8 Å². The maximum absolute atomic E-state index is 12.4. The van der Waals surface area contributed by atoms with E-state index in [0.717, 1.165) is 5.56 Å². The summed E-state index contributed by atoms with van der Waals surface area (Å²) < 4.78 is 10.1. The average molecular weight is 344 g/mol. The van der Waals surface area contributed by atoms with Gasteiger partial charge in [0.1, 0.15) is 11.3 Å². The van der Waals surface area contributed by atoms with Crippen molar-refractivity contribution in [2.75, 3.05) is 18.1 Å². The molecule has 130 valence electrons. The summed E-state index contributed by atoms with van der Waals surface area (Å²) in [5, 5.41) is 10.9. The zero-order valence-electron chi connectivity index (χ0n) is 13.6. The van der Waals surface area contributed by atoms with Gasteiger partial charge in [-0.2, -0.15) is 0 Å². The van der Waals surface area contributed by atoms with Gasteiger partial charge in [0.25, 0.3) is 11.6 Å². The van der Waals surface area contributed by atoms with Crippen LogP contribution in [0, 0.1) is 17.0 Å². The number of anilines is 1. The lowest BCUT2D eigenvalue weighted by atomic mass is 10.0. The molecule has 0 N–H and O–H groups in total. The first-order chi connectivity index (χ1) is 12.0. The first kappa shape index (κ1) is 16.7. The van der Waals surface area contributed by atoms with E-state index in [4.69, 9.17) is 9.15 Å². The predicted octanol–water partition coefficient (Wildman–Crippen LogP) is 2.63. The van der Waals surface area contributed by atoms with E-state index in [2.05, 4.69) is 0 Å². The molecule has 0 bridgehead atoms. The van der Waals surface area contributed by atoms with E-state index in [1.165, 1.54) is 29.4 Å². The Morgan fingerprint density at radius 1 is 1.36 bits per heavy atom. The molecular formula is C17H16N2O6. The normalized spacial score (nSPS) is 13.2. The molecule has 0 radical (unpaired) electrons. The molecule has 0 aliphatic carbocycles. The minimum absolute atomic E-state index is 0.00471. The van der Waals surface area contributed by atoms with E-state index in [1.54, 1.807) is 13.0 Å². The maximum Gasteiger partial charge on any atom is 0.342 e. The van der Waals surface area contributed by atoms with E-state index in [9.17, 15) is 19.7 Å². The van der Waals surface area contributed by atoms with Crippen LogP contribution in [0.25, 0.3) is 0 Å². The molecule has 2 heterocycles. The van der Waals surface area contributed by atoms with Crippen LogP contribution in [0.3, 0.4) is 0 Å². The number of ether oxygens (including phenoxy) is 1. The van der Waals surface area contributed by atoms with E-state index in [-0.39, 0.29) is 17.2 Å². The summed E-state index contributed by atoms with van der Waals surface area (Å²) in [6, 6.07) is 5.89. The quantitative estimate of drug-likeness (QED) is 0.480. The number of non-ortho nitro benzene ring substituents is 1. The Morgan fingerprint density at radius 2 is 2.16 bits per heavy atom. The molecule has 0 spiro atoms. The molecule has 1 amide bonds. The second-order valence-electron chi connectivity index (χ2n) is 5.69. The van der Waals surface area contributed by atoms with Crippen molar-refractivity contribution in [2.45, 2.75) is 19.8 Å². The lowest BCUT2D eigenvalue weighted by Crippen LogP contribution is -2.38. The standard InChI is InChI=1S/C17H16N2O6/c1-11-14(6-8-24-11)17(21)25-10-16(20)18-7-2-3-12-9-13(19(22)23)4-5-15(12)18/h4-6,8-9H,2-3,7,10H2,1H3. The Kier molecular flexibility index (Phi) is 4.51. The number of carbonyl (C=O) groups is 2. The number of esters is 1. The van der Waals surface area contributed by atoms with Crippen molar-refractivity contribution < 1.29 is 23.7 Å². The van der Waals surface area contributed by atoms with Gasteiger partial charge in [0.15, 0.2) is 6.61 Å². The van der Waals surface area contributed by atoms with Crippen LogP contribution in [0.5, 0.6) is 0 Å². The van der Waals surface area contributed by atoms with Gasteiger partial charge in [0, 0.05) is 24.4 Å². The van der Waals surface area contributed by atoms with Gasteiger partial charge in [-0.15, -0.1) is 0 Å². The molecule has 0 saturated carbocycles. The number of aryl methyl sites for hydroxylation is 2. The van der Waals surface area contributed by atoms with Crippen LogP contribution in [-0.4, -0.2) is 30.0 Å². The molecule has 3 rings (SSSR count). The molecule has 1 aromatic heterocycles. The van der Waals surface area contributed by atoms with Gasteiger partial charge in [-0.1, -0.05) is 0 Å². The first-order valence-electron chi connectivity index (χ1n) is 7.76. The fourth-order valence-corrected chi connectivity index (χ4v) is 2.84. The number of amides is 1. The Hall–Kier alpha value is -3.16. The van der Waals surface area contributed by atoms with E-state index >= 15 is 0 Å². The molecule has 1 aliphatic rings. The van der Waals surface area contributed by atoms with Crippen LogP contribution in [0.15, 0.2) is 34.9 Å². The number of rotatable bonds is 4. The molecule has 1 aliphatic heterocycles. The van der Waals surface area contributed by atoms with Crippen LogP contribution in [0.2, 0.25) is 0 Å². The first-order valence-corrected chi connectivity index (χ1v) is 7.76. The van der Waals surface area contributed by atoms with Crippen LogP contribution in [0.4, 0.5) is 11.4 Å². The molecule has 0 fully saturated rings. The monoisotopic (exact) mass is 344 g/mol. The van der Waals surface area contributed by atoms with Crippen molar-refractivity contribution in [3.05, 3.63) is 57.5 Å². The molecule has 2 aromatic rings. The minimum atomic E-state index is -0.625. The molecule has 1 aromatic carbocycles. The Bertz CT molecular complexity index is 841. The van der Waals surface area contributed by atoms with Gasteiger partial charge in [-0.3, -0.25) is 14.9 Å². The third-order valence-electron chi connectivity index (χ3n) is 4.10. The Labute approximate surface area is 143 Å². The number of nitro groups is 1. The highest BCUT2D eigenvalue weighted by Gasteiger charge is 2.25. The van der Waals surface area contributed by atoms with Crippen LogP contribution < -0.4 is 4.90 Å². The summed E-state index contributed by atoms with van der Waals surface area (Å²) in [6.07, 6.45) is 2.73. The number of furan rings is 1. The predicted molar refractivity (Wildman–Crippen MR) is 87.5 cm³/mol. The largest absolute Gasteiger partial charge is 0.469 e. The number of carbonyl (C=O) groups excluding carboxylic acids is 2. The number of hydrogen-bond acceptors (Lipinski definition) is 6. The van der Waals surface area contributed by atoms with Crippen LogP contribution >= 0.6 is 0 Å². The van der Waals surface area contributed by atoms with Crippen molar-refractivity contribution in [3.8, 4) is 0 Å². The summed E-state index contributed by atoms with van der Waals surface area (Å²) in [5.41, 5.74) is 1.64. The van der Waals surface area contributed by atoms with Gasteiger partial charge in [0.05, 0.1) is 11.2 Å². The number of nitrogens with zero attached hydrogens (tertiary/aromatic N) is 2.